The minimum absolute atomic E-state index is 0.00736. The lowest BCUT2D eigenvalue weighted by Gasteiger charge is -2.11. The first-order valence-electron chi connectivity index (χ1n) is 9.43. The molecule has 0 unspecified atom stereocenters. The molecule has 0 aliphatic rings. The fourth-order valence-corrected chi connectivity index (χ4v) is 3.39. The molecular formula is C22H19FN4O3. The highest BCUT2D eigenvalue weighted by Crippen LogP contribution is 2.26. The molecule has 8 heteroatoms. The van der Waals surface area contributed by atoms with Crippen LogP contribution < -0.4 is 4.74 Å². The van der Waals surface area contributed by atoms with E-state index in [1.165, 1.54) is 18.3 Å². The van der Waals surface area contributed by atoms with E-state index in [1.807, 2.05) is 19.9 Å². The number of nitrogens with zero attached hydrogens (tertiary/aromatic N) is 4. The van der Waals surface area contributed by atoms with Gasteiger partial charge >= 0.3 is 5.97 Å². The van der Waals surface area contributed by atoms with Gasteiger partial charge in [-0.3, -0.25) is 4.68 Å². The van der Waals surface area contributed by atoms with Gasteiger partial charge in [0.15, 0.2) is 5.69 Å². The Morgan fingerprint density at radius 2 is 1.97 bits per heavy atom. The number of benzene rings is 1. The third-order valence-electron chi connectivity index (χ3n) is 4.74. The Labute approximate surface area is 171 Å². The number of rotatable bonds is 6. The number of carboxylic acid groups (broad SMARTS) is 1. The van der Waals surface area contributed by atoms with E-state index >= 15 is 0 Å². The summed E-state index contributed by atoms with van der Waals surface area (Å²) in [4.78, 5) is 19.9. The highest BCUT2D eigenvalue weighted by Gasteiger charge is 2.19. The topological polar surface area (TPSA) is 90.1 Å². The summed E-state index contributed by atoms with van der Waals surface area (Å²) in [6, 6.07) is 9.39. The van der Waals surface area contributed by atoms with E-state index in [9.17, 15) is 14.3 Å². The summed E-state index contributed by atoms with van der Waals surface area (Å²) < 4.78 is 20.6. The lowest BCUT2D eigenvalue weighted by molar-refractivity contribution is 0.0693. The lowest BCUT2D eigenvalue weighted by Crippen LogP contribution is -2.07. The smallest absolute Gasteiger partial charge is 0.355 e. The Balaban J connectivity index is 1.64. The van der Waals surface area contributed by atoms with Crippen molar-refractivity contribution in [3.05, 3.63) is 77.1 Å². The number of aromatic carboxylic acids is 1. The van der Waals surface area contributed by atoms with E-state index in [0.29, 0.717) is 35.5 Å². The maximum Gasteiger partial charge on any atom is 0.355 e. The highest BCUT2D eigenvalue weighted by atomic mass is 19.1. The predicted octanol–water partition coefficient (Wildman–Crippen LogP) is 4.38. The molecule has 0 saturated heterocycles. The average Bonchev–Trinajstić information content (AvgIpc) is 3.08. The zero-order valence-corrected chi connectivity index (χ0v) is 16.5. The van der Waals surface area contributed by atoms with Crippen LogP contribution in [-0.4, -0.2) is 30.8 Å². The van der Waals surface area contributed by atoms with Gasteiger partial charge in [0, 0.05) is 23.7 Å². The molecule has 0 spiro atoms. The quantitative estimate of drug-likeness (QED) is 0.511. The Morgan fingerprint density at radius 3 is 2.63 bits per heavy atom. The van der Waals surface area contributed by atoms with Crippen LogP contribution in [0.25, 0.3) is 10.9 Å². The molecule has 0 radical (unpaired) electrons. The second kappa shape index (κ2) is 7.90. The largest absolute Gasteiger partial charge is 0.476 e. The first-order valence-corrected chi connectivity index (χ1v) is 9.43. The van der Waals surface area contributed by atoms with E-state index in [1.54, 1.807) is 29.1 Å². The Bertz CT molecular complexity index is 1240. The van der Waals surface area contributed by atoms with Crippen molar-refractivity contribution in [2.24, 2.45) is 0 Å². The van der Waals surface area contributed by atoms with Crippen LogP contribution in [0, 0.1) is 12.7 Å². The van der Waals surface area contributed by atoms with Crippen LogP contribution in [0.4, 0.5) is 4.39 Å². The Hall–Kier alpha value is -3.81. The third-order valence-corrected chi connectivity index (χ3v) is 4.74. The number of aromatic nitrogens is 4. The van der Waals surface area contributed by atoms with Crippen molar-refractivity contribution >= 4 is 16.9 Å². The number of aryl methyl sites for hydroxylation is 2. The standard InChI is InChI=1S/C22H19FN4O3/c1-3-18-19-17(8-9-24-20(19)22(28)29)26-27(18)12-14-10-13(2)21(25-11-14)30-16-6-4-15(23)5-7-16/h4-11H,3,12H2,1-2H3,(H,28,29). The molecule has 3 heterocycles. The zero-order chi connectivity index (χ0) is 21.3. The summed E-state index contributed by atoms with van der Waals surface area (Å²) in [7, 11) is 0. The molecule has 0 aliphatic carbocycles. The van der Waals surface area contributed by atoms with Crippen LogP contribution >= 0.6 is 0 Å². The molecule has 0 aliphatic heterocycles. The number of carbonyl (C=O) groups is 1. The van der Waals surface area contributed by atoms with Crippen molar-refractivity contribution in [3.8, 4) is 11.6 Å². The van der Waals surface area contributed by atoms with Gasteiger partial charge in [0.05, 0.1) is 17.4 Å². The van der Waals surface area contributed by atoms with Crippen molar-refractivity contribution in [2.75, 3.05) is 0 Å². The second-order valence-electron chi connectivity index (χ2n) is 6.84. The molecule has 4 rings (SSSR count). The lowest BCUT2D eigenvalue weighted by atomic mass is 10.1. The minimum atomic E-state index is -1.07. The second-order valence-corrected chi connectivity index (χ2v) is 6.84. The maximum absolute atomic E-state index is 13.1. The first-order chi connectivity index (χ1) is 14.5. The molecule has 0 atom stereocenters. The summed E-state index contributed by atoms with van der Waals surface area (Å²) in [5.74, 6) is -0.472. The number of hydrogen-bond donors (Lipinski definition) is 1. The number of pyridine rings is 2. The Morgan fingerprint density at radius 1 is 1.20 bits per heavy atom. The van der Waals surface area contributed by atoms with Crippen LogP contribution in [0.2, 0.25) is 0 Å². The molecule has 1 N–H and O–H groups in total. The molecule has 4 aromatic rings. The van der Waals surface area contributed by atoms with Crippen molar-refractivity contribution < 1.29 is 19.0 Å². The van der Waals surface area contributed by atoms with Crippen LogP contribution in [0.1, 0.15) is 34.2 Å². The molecule has 30 heavy (non-hydrogen) atoms. The zero-order valence-electron chi connectivity index (χ0n) is 16.5. The summed E-state index contributed by atoms with van der Waals surface area (Å²) in [5, 5.41) is 14.6. The number of halogens is 1. The van der Waals surface area contributed by atoms with E-state index < -0.39 is 5.97 Å². The van der Waals surface area contributed by atoms with E-state index in [2.05, 4.69) is 15.1 Å². The van der Waals surface area contributed by atoms with Gasteiger partial charge < -0.3 is 9.84 Å². The number of ether oxygens (including phenoxy) is 1. The summed E-state index contributed by atoms with van der Waals surface area (Å²) in [6.07, 6.45) is 3.75. The van der Waals surface area contributed by atoms with Crippen molar-refractivity contribution in [3.63, 3.8) is 0 Å². The summed E-state index contributed by atoms with van der Waals surface area (Å²) >= 11 is 0. The van der Waals surface area contributed by atoms with Crippen molar-refractivity contribution in [1.29, 1.82) is 0 Å². The van der Waals surface area contributed by atoms with Gasteiger partial charge in [-0.2, -0.15) is 5.10 Å². The van der Waals surface area contributed by atoms with Gasteiger partial charge in [-0.25, -0.2) is 19.2 Å². The van der Waals surface area contributed by atoms with Crippen LogP contribution in [-0.2, 0) is 13.0 Å². The van der Waals surface area contributed by atoms with E-state index in [-0.39, 0.29) is 11.5 Å². The third kappa shape index (κ3) is 3.71. The van der Waals surface area contributed by atoms with Crippen LogP contribution in [0.5, 0.6) is 11.6 Å². The van der Waals surface area contributed by atoms with Gasteiger partial charge in [0.1, 0.15) is 11.6 Å². The van der Waals surface area contributed by atoms with Crippen LogP contribution in [0.15, 0.2) is 48.8 Å². The number of hydrogen-bond acceptors (Lipinski definition) is 5. The molecule has 0 fully saturated rings. The molecular weight excluding hydrogens is 387 g/mol. The number of carboxylic acids is 1. The van der Waals surface area contributed by atoms with Gasteiger partial charge in [-0.15, -0.1) is 0 Å². The highest BCUT2D eigenvalue weighted by molar-refractivity contribution is 6.01. The molecule has 7 nitrogen and oxygen atoms in total. The minimum Gasteiger partial charge on any atom is -0.476 e. The number of fused-ring (bicyclic) bond motifs is 1. The average molecular weight is 406 g/mol. The molecule has 0 saturated carbocycles. The first kappa shape index (κ1) is 19.5. The van der Waals surface area contributed by atoms with Gasteiger partial charge in [0.2, 0.25) is 5.88 Å². The van der Waals surface area contributed by atoms with Gasteiger partial charge in [0.25, 0.3) is 0 Å². The van der Waals surface area contributed by atoms with Crippen molar-refractivity contribution in [1.82, 2.24) is 19.7 Å². The maximum atomic E-state index is 13.1. The molecule has 3 aromatic heterocycles. The van der Waals surface area contributed by atoms with Crippen LogP contribution in [0.3, 0.4) is 0 Å². The molecule has 0 bridgehead atoms. The van der Waals surface area contributed by atoms with Crippen molar-refractivity contribution in [2.45, 2.75) is 26.8 Å². The van der Waals surface area contributed by atoms with E-state index in [0.717, 1.165) is 16.8 Å². The monoisotopic (exact) mass is 406 g/mol. The normalized spacial score (nSPS) is 11.0. The summed E-state index contributed by atoms with van der Waals surface area (Å²) in [6.45, 7) is 4.26. The van der Waals surface area contributed by atoms with Gasteiger partial charge in [-0.1, -0.05) is 6.92 Å². The molecule has 0 amide bonds. The molecule has 1 aromatic carbocycles. The Kier molecular flexibility index (Phi) is 5.14. The fraction of sp³-hybridized carbons (Fsp3) is 0.182. The predicted molar refractivity (Wildman–Crippen MR) is 108 cm³/mol. The van der Waals surface area contributed by atoms with E-state index in [4.69, 9.17) is 4.74 Å². The molecule has 152 valence electrons. The SMILES string of the molecule is CCc1c2c(C(=O)O)nccc2nn1Cc1cnc(Oc2ccc(F)cc2)c(C)c1. The summed E-state index contributed by atoms with van der Waals surface area (Å²) in [5.41, 5.74) is 3.12. The fourth-order valence-electron chi connectivity index (χ4n) is 3.39. The van der Waals surface area contributed by atoms with Gasteiger partial charge in [-0.05, 0) is 55.3 Å².